The van der Waals surface area contributed by atoms with Crippen LogP contribution in [0.4, 0.5) is 4.39 Å². The van der Waals surface area contributed by atoms with E-state index in [1.807, 2.05) is 7.05 Å². The third-order valence-electron chi connectivity index (χ3n) is 3.65. The zero-order chi connectivity index (χ0) is 9.59. The van der Waals surface area contributed by atoms with Crippen molar-refractivity contribution in [3.8, 4) is 0 Å². The summed E-state index contributed by atoms with van der Waals surface area (Å²) in [6.07, 6.45) is 1.32. The largest absolute Gasteiger partial charge is 0.246 e. The van der Waals surface area contributed by atoms with Crippen molar-refractivity contribution in [2.45, 2.75) is 32.0 Å². The van der Waals surface area contributed by atoms with Crippen molar-refractivity contribution in [1.82, 2.24) is 10.0 Å². The summed E-state index contributed by atoms with van der Waals surface area (Å²) in [5.41, 5.74) is 0. The maximum Gasteiger partial charge on any atom is 0.118 e. The van der Waals surface area contributed by atoms with Crippen LogP contribution >= 0.6 is 0 Å². The fraction of sp³-hybridized carbons (Fsp3) is 1.00. The molecule has 2 fully saturated rings. The molecule has 0 radical (unpaired) electrons. The molecule has 0 bridgehead atoms. The zero-order valence-electron chi connectivity index (χ0n) is 8.70. The Balaban J connectivity index is 2.12. The van der Waals surface area contributed by atoms with Crippen LogP contribution in [0.5, 0.6) is 0 Å². The van der Waals surface area contributed by atoms with E-state index in [1.165, 1.54) is 6.42 Å². The van der Waals surface area contributed by atoms with Crippen molar-refractivity contribution >= 4 is 0 Å². The van der Waals surface area contributed by atoms with Crippen LogP contribution in [0.3, 0.4) is 0 Å². The molecule has 1 aliphatic heterocycles. The van der Waals surface area contributed by atoms with Crippen LogP contribution in [0.1, 0.15) is 19.8 Å². The summed E-state index contributed by atoms with van der Waals surface area (Å²) in [6, 6.07) is 0.154. The molecular formula is C10H19FN2. The topological polar surface area (TPSA) is 6.48 Å². The lowest BCUT2D eigenvalue weighted by Gasteiger charge is -2.35. The van der Waals surface area contributed by atoms with Gasteiger partial charge in [-0.05, 0) is 24.7 Å². The Morgan fingerprint density at radius 2 is 1.92 bits per heavy atom. The van der Waals surface area contributed by atoms with E-state index in [0.29, 0.717) is 11.8 Å². The van der Waals surface area contributed by atoms with Crippen LogP contribution in [-0.2, 0) is 0 Å². The van der Waals surface area contributed by atoms with Gasteiger partial charge in [0.2, 0.25) is 0 Å². The monoisotopic (exact) mass is 186 g/mol. The first-order chi connectivity index (χ1) is 6.09. The number of alkyl halides is 1. The highest BCUT2D eigenvalue weighted by atomic mass is 19.1. The van der Waals surface area contributed by atoms with Gasteiger partial charge in [-0.1, -0.05) is 6.92 Å². The molecule has 1 aliphatic carbocycles. The third-order valence-corrected chi connectivity index (χ3v) is 3.65. The number of hydrazine groups is 1. The second-order valence-corrected chi connectivity index (χ2v) is 4.76. The lowest BCUT2D eigenvalue weighted by atomic mass is 9.78. The first kappa shape index (κ1) is 9.41. The molecule has 1 saturated carbocycles. The normalized spacial score (nSPS) is 48.0. The van der Waals surface area contributed by atoms with Gasteiger partial charge in [-0.25, -0.2) is 14.4 Å². The van der Waals surface area contributed by atoms with Gasteiger partial charge >= 0.3 is 0 Å². The Morgan fingerprint density at radius 3 is 2.62 bits per heavy atom. The number of halogens is 1. The van der Waals surface area contributed by atoms with Gasteiger partial charge in [-0.3, -0.25) is 0 Å². The van der Waals surface area contributed by atoms with E-state index in [4.69, 9.17) is 0 Å². The summed E-state index contributed by atoms with van der Waals surface area (Å²) in [5, 5.41) is 4.24. The summed E-state index contributed by atoms with van der Waals surface area (Å²) >= 11 is 0. The van der Waals surface area contributed by atoms with Gasteiger partial charge in [0.1, 0.15) is 6.17 Å². The molecule has 2 nitrogen and oxygen atoms in total. The molecule has 13 heavy (non-hydrogen) atoms. The third kappa shape index (κ3) is 1.48. The molecule has 76 valence electrons. The highest BCUT2D eigenvalue weighted by Gasteiger charge is 2.44. The van der Waals surface area contributed by atoms with Gasteiger partial charge in [0, 0.05) is 20.6 Å². The summed E-state index contributed by atoms with van der Waals surface area (Å²) < 4.78 is 13.7. The van der Waals surface area contributed by atoms with Crippen molar-refractivity contribution in [3.05, 3.63) is 0 Å². The molecule has 4 atom stereocenters. The first-order valence-electron chi connectivity index (χ1n) is 5.17. The minimum atomic E-state index is -0.622. The van der Waals surface area contributed by atoms with Crippen LogP contribution in [-0.4, -0.2) is 42.9 Å². The molecule has 3 heteroatoms. The lowest BCUT2D eigenvalue weighted by Crippen LogP contribution is -2.45. The molecule has 2 aliphatic rings. The van der Waals surface area contributed by atoms with Crippen molar-refractivity contribution in [2.75, 3.05) is 20.6 Å². The van der Waals surface area contributed by atoms with Crippen molar-refractivity contribution in [2.24, 2.45) is 11.8 Å². The Bertz CT molecular complexity index is 195. The first-order valence-corrected chi connectivity index (χ1v) is 5.17. The smallest absolute Gasteiger partial charge is 0.118 e. The van der Waals surface area contributed by atoms with Gasteiger partial charge in [-0.2, -0.15) is 0 Å². The second kappa shape index (κ2) is 3.21. The molecule has 0 amide bonds. The van der Waals surface area contributed by atoms with E-state index in [-0.39, 0.29) is 6.04 Å². The number of rotatable bonds is 0. The number of fused-ring (bicyclic) bond motifs is 1. The van der Waals surface area contributed by atoms with Crippen molar-refractivity contribution in [1.29, 1.82) is 0 Å². The van der Waals surface area contributed by atoms with Crippen LogP contribution in [0.15, 0.2) is 0 Å². The fourth-order valence-electron chi connectivity index (χ4n) is 2.99. The Labute approximate surface area is 79.7 Å². The molecule has 2 rings (SSSR count). The Hall–Kier alpha value is -0.150. The quantitative estimate of drug-likeness (QED) is 0.566. The average Bonchev–Trinajstić information content (AvgIpc) is 2.27. The minimum absolute atomic E-state index is 0.154. The predicted molar refractivity (Wildman–Crippen MR) is 51.0 cm³/mol. The zero-order valence-corrected chi connectivity index (χ0v) is 8.70. The van der Waals surface area contributed by atoms with Gasteiger partial charge < -0.3 is 0 Å². The van der Waals surface area contributed by atoms with Crippen LogP contribution in [0.25, 0.3) is 0 Å². The van der Waals surface area contributed by atoms with Gasteiger partial charge in [0.25, 0.3) is 0 Å². The molecule has 1 saturated heterocycles. The van der Waals surface area contributed by atoms with Gasteiger partial charge in [0.05, 0.1) is 6.04 Å². The SMILES string of the molecule is CC1CC(F)C2C(C1)CN(C)N2C. The molecular weight excluding hydrogens is 167 g/mol. The Kier molecular flexibility index (Phi) is 2.32. The van der Waals surface area contributed by atoms with E-state index >= 15 is 0 Å². The van der Waals surface area contributed by atoms with Crippen LogP contribution < -0.4 is 0 Å². The number of hydrogen-bond acceptors (Lipinski definition) is 2. The number of nitrogens with zero attached hydrogens (tertiary/aromatic N) is 2. The summed E-state index contributed by atoms with van der Waals surface area (Å²) in [6.45, 7) is 3.20. The fourth-order valence-corrected chi connectivity index (χ4v) is 2.99. The summed E-state index contributed by atoms with van der Waals surface area (Å²) in [4.78, 5) is 0. The second-order valence-electron chi connectivity index (χ2n) is 4.76. The van der Waals surface area contributed by atoms with E-state index in [9.17, 15) is 4.39 Å². The maximum absolute atomic E-state index is 13.7. The van der Waals surface area contributed by atoms with Crippen LogP contribution in [0, 0.1) is 11.8 Å². The summed E-state index contributed by atoms with van der Waals surface area (Å²) in [5.74, 6) is 1.12. The molecule has 1 heterocycles. The highest BCUT2D eigenvalue weighted by Crippen LogP contribution is 2.38. The molecule has 4 unspecified atom stereocenters. The molecule has 0 aromatic heterocycles. The standard InChI is InChI=1S/C10H19FN2/c1-7-4-8-6-12(2)13(3)10(8)9(11)5-7/h7-10H,4-6H2,1-3H3. The maximum atomic E-state index is 13.7. The molecule has 0 spiro atoms. The molecule has 0 aromatic rings. The van der Waals surface area contributed by atoms with E-state index in [1.54, 1.807) is 0 Å². The predicted octanol–water partition coefficient (Wildman–Crippen LogP) is 1.53. The van der Waals surface area contributed by atoms with E-state index in [2.05, 4.69) is 24.0 Å². The lowest BCUT2D eigenvalue weighted by molar-refractivity contribution is 0.000578. The van der Waals surface area contributed by atoms with Crippen molar-refractivity contribution in [3.63, 3.8) is 0 Å². The van der Waals surface area contributed by atoms with Gasteiger partial charge in [0.15, 0.2) is 0 Å². The Morgan fingerprint density at radius 1 is 1.23 bits per heavy atom. The summed E-state index contributed by atoms with van der Waals surface area (Å²) in [7, 11) is 4.06. The highest BCUT2D eigenvalue weighted by molar-refractivity contribution is 4.94. The van der Waals surface area contributed by atoms with E-state index in [0.717, 1.165) is 13.0 Å². The average molecular weight is 186 g/mol. The van der Waals surface area contributed by atoms with Gasteiger partial charge in [-0.15, -0.1) is 0 Å². The number of hydrogen-bond donors (Lipinski definition) is 0. The minimum Gasteiger partial charge on any atom is -0.246 e. The van der Waals surface area contributed by atoms with E-state index < -0.39 is 6.17 Å². The van der Waals surface area contributed by atoms with Crippen LogP contribution in [0.2, 0.25) is 0 Å². The van der Waals surface area contributed by atoms with Crippen molar-refractivity contribution < 1.29 is 4.39 Å². The molecule has 0 N–H and O–H groups in total. The molecule has 0 aromatic carbocycles.